The minimum atomic E-state index is -0.624. The molecule has 35 heavy (non-hydrogen) atoms. The third-order valence-corrected chi connectivity index (χ3v) is 5.89. The monoisotopic (exact) mass is 492 g/mol. The zero-order valence-corrected chi connectivity index (χ0v) is 20.4. The highest BCUT2D eigenvalue weighted by Gasteiger charge is 2.18. The number of fused-ring (bicyclic) bond motifs is 1. The molecule has 1 heterocycles. The second kappa shape index (κ2) is 10.6. The molecule has 0 aliphatic carbocycles. The summed E-state index contributed by atoms with van der Waals surface area (Å²) in [6.07, 6.45) is -0.962. The number of anilines is 1. The first-order chi connectivity index (χ1) is 16.9. The Bertz CT molecular complexity index is 1360. The summed E-state index contributed by atoms with van der Waals surface area (Å²) in [5.41, 5.74) is 4.95. The van der Waals surface area contributed by atoms with Crippen LogP contribution >= 0.6 is 11.6 Å². The number of rotatable bonds is 7. The van der Waals surface area contributed by atoms with Crippen LogP contribution in [0.15, 0.2) is 65.2 Å². The van der Waals surface area contributed by atoms with Gasteiger partial charge in [-0.05, 0) is 55.7 Å². The van der Waals surface area contributed by atoms with Gasteiger partial charge in [-0.1, -0.05) is 59.2 Å². The number of amides is 1. The zero-order valence-electron chi connectivity index (χ0n) is 19.6. The Kier molecular flexibility index (Phi) is 7.36. The number of hydrogen-bond acceptors (Lipinski definition) is 6. The van der Waals surface area contributed by atoms with Crippen LogP contribution in [0.1, 0.15) is 36.8 Å². The van der Waals surface area contributed by atoms with Crippen LogP contribution in [0.2, 0.25) is 5.02 Å². The lowest BCUT2D eigenvalue weighted by molar-refractivity contribution is -0.142. The highest BCUT2D eigenvalue weighted by molar-refractivity contribution is 6.31. The first-order valence-electron chi connectivity index (χ1n) is 11.2. The van der Waals surface area contributed by atoms with Crippen LogP contribution in [0.5, 0.6) is 0 Å². The molecule has 1 atom stereocenters. The number of carbonyl (C=O) groups is 2. The molecule has 0 fully saturated rings. The van der Waals surface area contributed by atoms with E-state index in [4.69, 9.17) is 25.6 Å². The van der Waals surface area contributed by atoms with Crippen molar-refractivity contribution in [1.29, 1.82) is 0 Å². The fourth-order valence-electron chi connectivity index (χ4n) is 3.85. The lowest BCUT2D eigenvalue weighted by Crippen LogP contribution is -2.16. The van der Waals surface area contributed by atoms with Gasteiger partial charge in [0.1, 0.15) is 6.10 Å². The largest absolute Gasteiger partial charge is 0.466 e. The summed E-state index contributed by atoms with van der Waals surface area (Å²) in [6, 6.07) is 18.5. The molecule has 180 valence electrons. The SMILES string of the molecule is CCOC(=O)Cc1ccc(-c2cc(NC(=O)O[C@H](C)c3ccccc3Cl)c3c(C)noc3c2)cc1. The van der Waals surface area contributed by atoms with Gasteiger partial charge in [-0.2, -0.15) is 0 Å². The fourth-order valence-corrected chi connectivity index (χ4v) is 4.14. The highest BCUT2D eigenvalue weighted by Crippen LogP contribution is 2.34. The first-order valence-corrected chi connectivity index (χ1v) is 11.6. The van der Waals surface area contributed by atoms with E-state index in [0.29, 0.717) is 39.5 Å². The van der Waals surface area contributed by atoms with Gasteiger partial charge in [0.2, 0.25) is 0 Å². The number of esters is 1. The summed E-state index contributed by atoms with van der Waals surface area (Å²) in [4.78, 5) is 24.5. The Morgan fingerprint density at radius 3 is 2.54 bits per heavy atom. The molecule has 3 aromatic carbocycles. The van der Waals surface area contributed by atoms with Crippen molar-refractivity contribution in [1.82, 2.24) is 5.16 Å². The number of hydrogen-bond donors (Lipinski definition) is 1. The van der Waals surface area contributed by atoms with Crippen LogP contribution in [0.25, 0.3) is 22.1 Å². The molecule has 0 aliphatic rings. The van der Waals surface area contributed by atoms with E-state index in [2.05, 4.69) is 10.5 Å². The lowest BCUT2D eigenvalue weighted by atomic mass is 10.0. The van der Waals surface area contributed by atoms with Gasteiger partial charge in [0, 0.05) is 10.6 Å². The van der Waals surface area contributed by atoms with Crippen molar-refractivity contribution in [3.05, 3.63) is 82.5 Å². The minimum absolute atomic E-state index is 0.205. The number of aryl methyl sites for hydroxylation is 1. The second-order valence-corrected chi connectivity index (χ2v) is 8.44. The van der Waals surface area contributed by atoms with Gasteiger partial charge >= 0.3 is 12.1 Å². The van der Waals surface area contributed by atoms with Crippen LogP contribution in [0.4, 0.5) is 10.5 Å². The summed E-state index contributed by atoms with van der Waals surface area (Å²) >= 11 is 6.23. The average Bonchev–Trinajstić information content (AvgIpc) is 3.20. The van der Waals surface area contributed by atoms with E-state index in [1.807, 2.05) is 54.6 Å². The number of nitrogens with one attached hydrogen (secondary N) is 1. The van der Waals surface area contributed by atoms with E-state index >= 15 is 0 Å². The summed E-state index contributed by atoms with van der Waals surface area (Å²) in [5, 5.41) is 8.09. The number of aromatic nitrogens is 1. The van der Waals surface area contributed by atoms with E-state index in [9.17, 15) is 9.59 Å². The maximum atomic E-state index is 12.8. The summed E-state index contributed by atoms with van der Waals surface area (Å²) in [6.45, 7) is 5.69. The van der Waals surface area contributed by atoms with Crippen LogP contribution in [0, 0.1) is 6.92 Å². The predicted octanol–water partition coefficient (Wildman–Crippen LogP) is 6.87. The van der Waals surface area contributed by atoms with Crippen molar-refractivity contribution >= 4 is 40.3 Å². The number of benzene rings is 3. The standard InChI is InChI=1S/C27H25ClN2O5/c1-4-33-25(31)13-18-9-11-19(12-10-18)20-14-23(26-16(2)30-35-24(26)15-20)29-27(32)34-17(3)21-7-5-6-8-22(21)28/h5-12,14-15,17H,4,13H2,1-3H3,(H,29,32)/t17-/m1/s1. The number of carbonyl (C=O) groups excluding carboxylic acids is 2. The molecule has 0 aliphatic heterocycles. The quantitative estimate of drug-likeness (QED) is 0.283. The zero-order chi connectivity index (χ0) is 24.9. The maximum Gasteiger partial charge on any atom is 0.412 e. The molecule has 0 unspecified atom stereocenters. The van der Waals surface area contributed by atoms with Crippen molar-refractivity contribution in [3.63, 3.8) is 0 Å². The number of halogens is 1. The minimum Gasteiger partial charge on any atom is -0.466 e. The van der Waals surface area contributed by atoms with Gasteiger partial charge in [-0.3, -0.25) is 10.1 Å². The molecule has 4 rings (SSSR count). The second-order valence-electron chi connectivity index (χ2n) is 8.04. The molecule has 1 amide bonds. The van der Waals surface area contributed by atoms with E-state index in [0.717, 1.165) is 16.7 Å². The highest BCUT2D eigenvalue weighted by atomic mass is 35.5. The smallest absolute Gasteiger partial charge is 0.412 e. The summed E-state index contributed by atoms with van der Waals surface area (Å²) in [7, 11) is 0. The summed E-state index contributed by atoms with van der Waals surface area (Å²) in [5.74, 6) is -0.269. The van der Waals surface area contributed by atoms with Gasteiger partial charge in [0.15, 0.2) is 5.58 Å². The topological polar surface area (TPSA) is 90.7 Å². The molecule has 0 spiro atoms. The third-order valence-electron chi connectivity index (χ3n) is 5.55. The molecule has 0 saturated carbocycles. The fraction of sp³-hybridized carbons (Fsp3) is 0.222. The molecule has 7 nitrogen and oxygen atoms in total. The van der Waals surface area contributed by atoms with Crippen molar-refractivity contribution in [2.75, 3.05) is 11.9 Å². The Morgan fingerprint density at radius 1 is 1.09 bits per heavy atom. The molecule has 1 N–H and O–H groups in total. The Balaban J connectivity index is 1.58. The average molecular weight is 493 g/mol. The molecule has 0 saturated heterocycles. The van der Waals surface area contributed by atoms with Gasteiger partial charge in [-0.15, -0.1) is 0 Å². The number of ether oxygens (including phenoxy) is 2. The van der Waals surface area contributed by atoms with Gasteiger partial charge in [-0.25, -0.2) is 4.79 Å². The maximum absolute atomic E-state index is 12.8. The van der Waals surface area contributed by atoms with E-state index < -0.39 is 12.2 Å². The lowest BCUT2D eigenvalue weighted by Gasteiger charge is -2.16. The molecule has 8 heteroatoms. The van der Waals surface area contributed by atoms with Crippen LogP contribution in [0.3, 0.4) is 0 Å². The molecular weight excluding hydrogens is 468 g/mol. The molecule has 1 aromatic heterocycles. The third kappa shape index (κ3) is 5.63. The van der Waals surface area contributed by atoms with Crippen LogP contribution in [-0.4, -0.2) is 23.8 Å². The Morgan fingerprint density at radius 2 is 1.83 bits per heavy atom. The van der Waals surface area contributed by atoms with E-state index in [1.54, 1.807) is 26.8 Å². The van der Waals surface area contributed by atoms with Crippen LogP contribution in [-0.2, 0) is 20.7 Å². The van der Waals surface area contributed by atoms with Gasteiger partial charge in [0.25, 0.3) is 0 Å². The van der Waals surface area contributed by atoms with Gasteiger partial charge < -0.3 is 14.0 Å². The van der Waals surface area contributed by atoms with Crippen molar-refractivity contribution < 1.29 is 23.6 Å². The van der Waals surface area contributed by atoms with E-state index in [1.165, 1.54) is 0 Å². The van der Waals surface area contributed by atoms with E-state index in [-0.39, 0.29) is 12.4 Å². The molecule has 0 radical (unpaired) electrons. The van der Waals surface area contributed by atoms with Gasteiger partial charge in [0.05, 0.1) is 29.8 Å². The molecule has 4 aromatic rings. The number of nitrogens with zero attached hydrogens (tertiary/aromatic N) is 1. The summed E-state index contributed by atoms with van der Waals surface area (Å²) < 4.78 is 16.1. The Labute approximate surface area is 208 Å². The van der Waals surface area contributed by atoms with Crippen molar-refractivity contribution in [3.8, 4) is 11.1 Å². The molecular formula is C27H25ClN2O5. The normalized spacial score (nSPS) is 11.8. The Hall–Kier alpha value is -3.84. The van der Waals surface area contributed by atoms with Crippen molar-refractivity contribution in [2.45, 2.75) is 33.3 Å². The molecule has 0 bridgehead atoms. The predicted molar refractivity (Wildman–Crippen MR) is 134 cm³/mol. The van der Waals surface area contributed by atoms with Crippen molar-refractivity contribution in [2.24, 2.45) is 0 Å². The first kappa shape index (κ1) is 24.3. The van der Waals surface area contributed by atoms with Crippen LogP contribution < -0.4 is 5.32 Å².